The average Bonchev–Trinajstić information content (AvgIpc) is 3.14. The lowest BCUT2D eigenvalue weighted by Crippen LogP contribution is -2.54. The Morgan fingerprint density at radius 2 is 1.95 bits per heavy atom. The van der Waals surface area contributed by atoms with Crippen molar-refractivity contribution in [1.29, 1.82) is 0 Å². The molecule has 43 heavy (non-hydrogen) atoms. The standard InChI is InChI=1S/C32H43F2N7O2/c1-4-39(20(2)3)31(42)25-16-22(33)7-8-27(25)41-13-12-40(30-28(41)18-35-19-37-30)23-6-5-10-38(11-9-23)32(43)29-24-14-21(17-36-29)15-26(24)34/h7-8,16,18-21,23-24,26,29,36H,4-6,9-15,17H2,1-3H3/t21?,23?,24?,26-,29-/m0/s1. The molecule has 1 saturated carbocycles. The molecule has 9 nitrogen and oxygen atoms in total. The quantitative estimate of drug-likeness (QED) is 0.537. The molecule has 2 aromatic rings. The molecule has 4 aliphatic rings. The van der Waals surface area contributed by atoms with Gasteiger partial charge in [-0.15, -0.1) is 0 Å². The van der Waals surface area contributed by atoms with Crippen LogP contribution in [0.4, 0.5) is 26.0 Å². The predicted molar refractivity (Wildman–Crippen MR) is 162 cm³/mol. The summed E-state index contributed by atoms with van der Waals surface area (Å²) in [7, 11) is 0. The van der Waals surface area contributed by atoms with E-state index in [0.717, 1.165) is 43.7 Å². The van der Waals surface area contributed by atoms with Crippen molar-refractivity contribution in [3.05, 3.63) is 42.1 Å². The number of aromatic nitrogens is 2. The van der Waals surface area contributed by atoms with Crippen LogP contribution in [0.2, 0.25) is 0 Å². The van der Waals surface area contributed by atoms with Gasteiger partial charge in [-0.2, -0.15) is 0 Å². The van der Waals surface area contributed by atoms with E-state index in [2.05, 4.69) is 20.2 Å². The van der Waals surface area contributed by atoms with Gasteiger partial charge in [0, 0.05) is 50.7 Å². The Morgan fingerprint density at radius 1 is 1.12 bits per heavy atom. The fourth-order valence-corrected chi connectivity index (χ4v) is 7.74. The third-order valence-electron chi connectivity index (χ3n) is 9.90. The van der Waals surface area contributed by atoms with Gasteiger partial charge in [0.1, 0.15) is 24.0 Å². The molecular formula is C32H43F2N7O2. The van der Waals surface area contributed by atoms with E-state index in [1.54, 1.807) is 17.2 Å². The molecule has 1 aliphatic carbocycles. The first kappa shape index (κ1) is 29.7. The highest BCUT2D eigenvalue weighted by molar-refractivity contribution is 6.01. The number of hydrogen-bond donors (Lipinski definition) is 1. The van der Waals surface area contributed by atoms with Crippen molar-refractivity contribution < 1.29 is 18.4 Å². The van der Waals surface area contributed by atoms with E-state index < -0.39 is 18.0 Å². The van der Waals surface area contributed by atoms with Crippen LogP contribution in [0.25, 0.3) is 0 Å². The Balaban J connectivity index is 1.21. The summed E-state index contributed by atoms with van der Waals surface area (Å²) in [5.74, 6) is 0.290. The lowest BCUT2D eigenvalue weighted by molar-refractivity contribution is -0.135. The van der Waals surface area contributed by atoms with Crippen LogP contribution in [0, 0.1) is 17.7 Å². The molecule has 3 unspecified atom stereocenters. The van der Waals surface area contributed by atoms with Crippen LogP contribution in [0.5, 0.6) is 0 Å². The zero-order chi connectivity index (χ0) is 30.2. The van der Waals surface area contributed by atoms with Crippen molar-refractivity contribution in [2.45, 2.75) is 77.2 Å². The van der Waals surface area contributed by atoms with Crippen LogP contribution >= 0.6 is 0 Å². The predicted octanol–water partition coefficient (Wildman–Crippen LogP) is 4.16. The maximum Gasteiger partial charge on any atom is 0.256 e. The number of halogens is 2. The van der Waals surface area contributed by atoms with Crippen molar-refractivity contribution >= 4 is 29.0 Å². The molecule has 1 aromatic heterocycles. The Kier molecular flexibility index (Phi) is 8.53. The first-order valence-electron chi connectivity index (χ1n) is 15.9. The fraction of sp³-hybridized carbons (Fsp3) is 0.625. The number of nitrogens with one attached hydrogen (secondary N) is 1. The molecule has 2 bridgehead atoms. The molecule has 11 heteroatoms. The minimum Gasteiger partial charge on any atom is -0.350 e. The van der Waals surface area contributed by atoms with E-state index in [4.69, 9.17) is 0 Å². The monoisotopic (exact) mass is 595 g/mol. The molecule has 1 N–H and O–H groups in total. The van der Waals surface area contributed by atoms with Gasteiger partial charge in [0.25, 0.3) is 5.91 Å². The largest absolute Gasteiger partial charge is 0.350 e. The molecule has 2 saturated heterocycles. The molecule has 4 heterocycles. The van der Waals surface area contributed by atoms with Gasteiger partial charge in [0.05, 0.1) is 23.5 Å². The number of fused-ring (bicyclic) bond motifs is 3. The van der Waals surface area contributed by atoms with Gasteiger partial charge in [-0.25, -0.2) is 18.7 Å². The van der Waals surface area contributed by atoms with E-state index in [1.165, 1.54) is 18.5 Å². The van der Waals surface area contributed by atoms with Gasteiger partial charge in [0.2, 0.25) is 5.91 Å². The van der Waals surface area contributed by atoms with E-state index >= 15 is 0 Å². The van der Waals surface area contributed by atoms with E-state index in [0.29, 0.717) is 56.3 Å². The van der Waals surface area contributed by atoms with Crippen molar-refractivity contribution in [2.24, 2.45) is 11.8 Å². The second-order valence-corrected chi connectivity index (χ2v) is 12.7. The molecule has 1 aromatic carbocycles. The lowest BCUT2D eigenvalue weighted by Gasteiger charge is -2.42. The SMILES string of the molecule is CCN(C(=O)c1cc(F)ccc1N1CCN(C2CCCN(C(=O)[C@H]3NCC4CC3[C@@H](F)C4)CC2)c2ncncc21)C(C)C. The minimum absolute atomic E-state index is 0.0230. The second-order valence-electron chi connectivity index (χ2n) is 12.7. The van der Waals surface area contributed by atoms with Gasteiger partial charge < -0.3 is 24.9 Å². The number of piperidine rings is 1. The Bertz CT molecular complexity index is 1340. The summed E-state index contributed by atoms with van der Waals surface area (Å²) in [6, 6.07) is 4.12. The summed E-state index contributed by atoms with van der Waals surface area (Å²) >= 11 is 0. The van der Waals surface area contributed by atoms with Crippen molar-refractivity contribution in [3.8, 4) is 0 Å². The fourth-order valence-electron chi connectivity index (χ4n) is 7.74. The number of carbonyl (C=O) groups excluding carboxylic acids is 2. The zero-order valence-corrected chi connectivity index (χ0v) is 25.4. The molecule has 0 radical (unpaired) electrons. The summed E-state index contributed by atoms with van der Waals surface area (Å²) in [6.07, 6.45) is 6.32. The van der Waals surface area contributed by atoms with E-state index in [-0.39, 0.29) is 29.8 Å². The first-order chi connectivity index (χ1) is 20.8. The first-order valence-corrected chi connectivity index (χ1v) is 15.9. The van der Waals surface area contributed by atoms with Crippen LogP contribution in [-0.2, 0) is 4.79 Å². The van der Waals surface area contributed by atoms with Crippen molar-refractivity contribution in [2.75, 3.05) is 49.1 Å². The second kappa shape index (κ2) is 12.3. The maximum absolute atomic E-state index is 14.6. The van der Waals surface area contributed by atoms with Gasteiger partial charge >= 0.3 is 0 Å². The van der Waals surface area contributed by atoms with Crippen LogP contribution in [0.15, 0.2) is 30.7 Å². The lowest BCUT2D eigenvalue weighted by atomic mass is 9.91. The zero-order valence-electron chi connectivity index (χ0n) is 25.4. The number of hydrogen-bond acceptors (Lipinski definition) is 7. The van der Waals surface area contributed by atoms with Crippen LogP contribution < -0.4 is 15.1 Å². The summed E-state index contributed by atoms with van der Waals surface area (Å²) < 4.78 is 29.1. The number of likely N-dealkylation sites (tertiary alicyclic amines) is 1. The van der Waals surface area contributed by atoms with E-state index in [1.807, 2.05) is 30.6 Å². The number of alkyl halides is 1. The summed E-state index contributed by atoms with van der Waals surface area (Å²) in [5.41, 5.74) is 1.73. The highest BCUT2D eigenvalue weighted by atomic mass is 19.1. The molecule has 0 spiro atoms. The molecule has 5 atom stereocenters. The summed E-state index contributed by atoms with van der Waals surface area (Å²) in [5, 5.41) is 3.36. The minimum atomic E-state index is -0.895. The topological polar surface area (TPSA) is 84.9 Å². The number of nitrogens with zero attached hydrogens (tertiary/aromatic N) is 6. The van der Waals surface area contributed by atoms with Gasteiger partial charge in [0.15, 0.2) is 5.82 Å². The Hall–Kier alpha value is -3.34. The number of carbonyl (C=O) groups is 2. The maximum atomic E-state index is 14.6. The van der Waals surface area contributed by atoms with Crippen molar-refractivity contribution in [3.63, 3.8) is 0 Å². The smallest absolute Gasteiger partial charge is 0.256 e. The van der Waals surface area contributed by atoms with Gasteiger partial charge in [-0.05, 0) is 83.5 Å². The number of amides is 2. The summed E-state index contributed by atoms with van der Waals surface area (Å²) in [6.45, 7) is 9.60. The molecule has 232 valence electrons. The highest BCUT2D eigenvalue weighted by Crippen LogP contribution is 2.41. The normalized spacial score (nSPS) is 27.2. The van der Waals surface area contributed by atoms with E-state index in [9.17, 15) is 18.4 Å². The number of benzene rings is 1. The highest BCUT2D eigenvalue weighted by Gasteiger charge is 2.47. The van der Waals surface area contributed by atoms with Gasteiger partial charge in [-0.1, -0.05) is 0 Å². The number of anilines is 3. The molecular weight excluding hydrogens is 552 g/mol. The van der Waals surface area contributed by atoms with Crippen LogP contribution in [0.3, 0.4) is 0 Å². The third kappa shape index (κ3) is 5.68. The summed E-state index contributed by atoms with van der Waals surface area (Å²) in [4.78, 5) is 44.1. The molecule has 3 fully saturated rings. The molecule has 6 rings (SSSR count). The third-order valence-corrected chi connectivity index (χ3v) is 9.90. The molecule has 2 amide bonds. The van der Waals surface area contributed by atoms with Gasteiger partial charge in [-0.3, -0.25) is 9.59 Å². The van der Waals surface area contributed by atoms with Crippen LogP contribution in [0.1, 0.15) is 63.2 Å². The molecule has 3 aliphatic heterocycles. The van der Waals surface area contributed by atoms with Crippen LogP contribution in [-0.4, -0.2) is 95.1 Å². The Morgan fingerprint density at radius 3 is 2.74 bits per heavy atom. The number of rotatable bonds is 6. The Labute approximate surface area is 252 Å². The average molecular weight is 596 g/mol. The van der Waals surface area contributed by atoms with Crippen molar-refractivity contribution in [1.82, 2.24) is 25.1 Å².